The molecule has 0 radical (unpaired) electrons. The number of carboxylic acid groups (broad SMARTS) is 1. The molecule has 1 fully saturated rings. The van der Waals surface area contributed by atoms with E-state index in [9.17, 15) is 14.7 Å². The third kappa shape index (κ3) is 2.40. The third-order valence-corrected chi connectivity index (χ3v) is 3.78. The molecule has 0 aromatic carbocycles. The molecule has 1 aromatic rings. The first-order chi connectivity index (χ1) is 8.52. The Morgan fingerprint density at radius 1 is 1.56 bits per heavy atom. The summed E-state index contributed by atoms with van der Waals surface area (Å²) in [7, 11) is 0. The summed E-state index contributed by atoms with van der Waals surface area (Å²) in [6.07, 6.45) is 2.01. The molecule has 0 bridgehead atoms. The van der Waals surface area contributed by atoms with Crippen LogP contribution in [0, 0.1) is 5.41 Å². The molecule has 1 aromatic heterocycles. The van der Waals surface area contributed by atoms with Crippen LogP contribution >= 0.6 is 11.5 Å². The number of aliphatic carboxylic acids is 1. The average Bonchev–Trinajstić information content (AvgIpc) is 2.90. The number of nitrogens with zero attached hydrogens (tertiary/aromatic N) is 3. The zero-order chi connectivity index (χ0) is 13.2. The van der Waals surface area contributed by atoms with E-state index in [1.807, 2.05) is 0 Å². The molecular formula is C9H13N5O3S. The maximum atomic E-state index is 11.7. The smallest absolute Gasteiger partial charge is 0.321 e. The first-order valence-electron chi connectivity index (χ1n) is 5.48. The van der Waals surface area contributed by atoms with Crippen molar-refractivity contribution >= 4 is 28.7 Å². The normalized spacial score (nSPS) is 26.8. The minimum atomic E-state index is -0.906. The van der Waals surface area contributed by atoms with Gasteiger partial charge in [-0.05, 0) is 25.0 Å². The van der Waals surface area contributed by atoms with E-state index in [2.05, 4.69) is 25.4 Å². The quantitative estimate of drug-likeness (QED) is 0.744. The van der Waals surface area contributed by atoms with Crippen LogP contribution in [0.5, 0.6) is 0 Å². The molecule has 2 amide bonds. The number of carboxylic acids is 1. The lowest BCUT2D eigenvalue weighted by molar-refractivity contribution is -0.148. The van der Waals surface area contributed by atoms with Gasteiger partial charge in [0.05, 0.1) is 5.41 Å². The molecule has 0 saturated heterocycles. The number of aromatic nitrogens is 3. The maximum Gasteiger partial charge on any atom is 0.321 e. The SMILES string of the molecule is CC1(C(=O)O)CCCC1NC(=O)Nc1nnns1. The Labute approximate surface area is 107 Å². The second-order valence-electron chi connectivity index (χ2n) is 4.43. The molecule has 2 rings (SSSR count). The van der Waals surface area contributed by atoms with Gasteiger partial charge in [-0.25, -0.2) is 4.79 Å². The highest BCUT2D eigenvalue weighted by atomic mass is 32.1. The van der Waals surface area contributed by atoms with Crippen molar-refractivity contribution in [3.8, 4) is 0 Å². The van der Waals surface area contributed by atoms with Crippen LogP contribution in [0.4, 0.5) is 9.93 Å². The Morgan fingerprint density at radius 2 is 2.33 bits per heavy atom. The standard InChI is InChI=1S/C9H13N5O3S/c1-9(6(15)16)4-2-3-5(9)10-7(17)11-8-12-13-14-18-8/h5H,2-4H2,1H3,(H,15,16)(H2,10,11,12,14,17). The van der Waals surface area contributed by atoms with Crippen molar-refractivity contribution < 1.29 is 14.7 Å². The number of amides is 2. The van der Waals surface area contributed by atoms with Gasteiger partial charge in [0.25, 0.3) is 0 Å². The summed E-state index contributed by atoms with van der Waals surface area (Å²) in [6, 6.07) is -0.858. The Morgan fingerprint density at radius 3 is 2.94 bits per heavy atom. The highest BCUT2D eigenvalue weighted by Gasteiger charge is 2.45. The molecule has 9 heteroatoms. The summed E-state index contributed by atoms with van der Waals surface area (Å²) >= 11 is 0.955. The van der Waals surface area contributed by atoms with Crippen molar-refractivity contribution in [3.05, 3.63) is 0 Å². The number of carbonyl (C=O) groups excluding carboxylic acids is 1. The molecule has 2 unspecified atom stereocenters. The Hall–Kier alpha value is -1.77. The van der Waals surface area contributed by atoms with Crippen LogP contribution < -0.4 is 10.6 Å². The van der Waals surface area contributed by atoms with Gasteiger partial charge >= 0.3 is 12.0 Å². The zero-order valence-electron chi connectivity index (χ0n) is 9.71. The van der Waals surface area contributed by atoms with E-state index in [1.165, 1.54) is 0 Å². The van der Waals surface area contributed by atoms with Gasteiger partial charge in [0.2, 0.25) is 5.13 Å². The minimum absolute atomic E-state index is 0.280. The van der Waals surface area contributed by atoms with Crippen LogP contribution in [0.15, 0.2) is 0 Å². The largest absolute Gasteiger partial charge is 0.481 e. The first kappa shape index (κ1) is 12.7. The third-order valence-electron chi connectivity index (χ3n) is 3.27. The molecule has 18 heavy (non-hydrogen) atoms. The van der Waals surface area contributed by atoms with Gasteiger partial charge in [-0.1, -0.05) is 16.0 Å². The predicted molar refractivity (Wildman–Crippen MR) is 63.2 cm³/mol. The van der Waals surface area contributed by atoms with Crippen LogP contribution in [-0.2, 0) is 4.79 Å². The van der Waals surface area contributed by atoms with E-state index in [1.54, 1.807) is 6.92 Å². The van der Waals surface area contributed by atoms with Gasteiger partial charge < -0.3 is 10.4 Å². The van der Waals surface area contributed by atoms with Crippen LogP contribution in [0.3, 0.4) is 0 Å². The summed E-state index contributed by atoms with van der Waals surface area (Å²) in [6.45, 7) is 1.65. The first-order valence-corrected chi connectivity index (χ1v) is 6.25. The molecule has 0 aliphatic heterocycles. The van der Waals surface area contributed by atoms with Gasteiger partial charge in [0.1, 0.15) is 0 Å². The maximum absolute atomic E-state index is 11.7. The Balaban J connectivity index is 1.96. The van der Waals surface area contributed by atoms with Crippen molar-refractivity contribution in [3.63, 3.8) is 0 Å². The summed E-state index contributed by atoms with van der Waals surface area (Å²) in [5.74, 6) is -0.886. The van der Waals surface area contributed by atoms with Crippen molar-refractivity contribution in [1.82, 2.24) is 20.1 Å². The number of anilines is 1. The fourth-order valence-electron chi connectivity index (χ4n) is 2.13. The van der Waals surface area contributed by atoms with E-state index in [0.717, 1.165) is 18.0 Å². The molecule has 98 valence electrons. The van der Waals surface area contributed by atoms with Crippen molar-refractivity contribution in [2.45, 2.75) is 32.2 Å². The highest BCUT2D eigenvalue weighted by molar-refractivity contribution is 7.09. The number of urea groups is 1. The van der Waals surface area contributed by atoms with E-state index in [4.69, 9.17) is 0 Å². The lowest BCUT2D eigenvalue weighted by Crippen LogP contribution is -2.48. The fraction of sp³-hybridized carbons (Fsp3) is 0.667. The van der Waals surface area contributed by atoms with Gasteiger partial charge in [0, 0.05) is 17.6 Å². The van der Waals surface area contributed by atoms with Crippen molar-refractivity contribution in [2.24, 2.45) is 5.41 Å². The lowest BCUT2D eigenvalue weighted by atomic mass is 9.85. The summed E-state index contributed by atoms with van der Waals surface area (Å²) in [5, 5.41) is 21.5. The highest BCUT2D eigenvalue weighted by Crippen LogP contribution is 2.38. The second kappa shape index (κ2) is 4.84. The molecule has 3 N–H and O–H groups in total. The molecular weight excluding hydrogens is 258 g/mol. The van der Waals surface area contributed by atoms with E-state index >= 15 is 0 Å². The second-order valence-corrected chi connectivity index (χ2v) is 5.17. The zero-order valence-corrected chi connectivity index (χ0v) is 10.5. The summed E-state index contributed by atoms with van der Waals surface area (Å²) < 4.78 is 3.51. The number of carbonyl (C=O) groups is 2. The molecule has 1 heterocycles. The summed E-state index contributed by atoms with van der Waals surface area (Å²) in [5.41, 5.74) is -0.906. The lowest BCUT2D eigenvalue weighted by Gasteiger charge is -2.27. The van der Waals surface area contributed by atoms with E-state index in [-0.39, 0.29) is 11.2 Å². The number of hydrogen-bond acceptors (Lipinski definition) is 6. The predicted octanol–water partition coefficient (Wildman–Crippen LogP) is 0.698. The van der Waals surface area contributed by atoms with Crippen LogP contribution in [0.1, 0.15) is 26.2 Å². The van der Waals surface area contributed by atoms with Gasteiger partial charge in [0.15, 0.2) is 0 Å². The Bertz CT molecular complexity index is 451. The number of hydrogen-bond donors (Lipinski definition) is 3. The van der Waals surface area contributed by atoms with E-state index in [0.29, 0.717) is 12.8 Å². The molecule has 1 saturated carbocycles. The average molecular weight is 271 g/mol. The topological polar surface area (TPSA) is 117 Å². The van der Waals surface area contributed by atoms with Gasteiger partial charge in [-0.3, -0.25) is 10.1 Å². The van der Waals surface area contributed by atoms with Gasteiger partial charge in [-0.15, -0.1) is 0 Å². The van der Waals surface area contributed by atoms with Crippen LogP contribution in [-0.4, -0.2) is 37.9 Å². The van der Waals surface area contributed by atoms with Crippen molar-refractivity contribution in [1.29, 1.82) is 0 Å². The molecule has 0 spiro atoms. The minimum Gasteiger partial charge on any atom is -0.481 e. The van der Waals surface area contributed by atoms with Crippen LogP contribution in [0.2, 0.25) is 0 Å². The van der Waals surface area contributed by atoms with E-state index < -0.39 is 17.4 Å². The number of rotatable bonds is 3. The van der Waals surface area contributed by atoms with Gasteiger partial charge in [-0.2, -0.15) is 0 Å². The molecule has 8 nitrogen and oxygen atoms in total. The summed E-state index contributed by atoms with van der Waals surface area (Å²) in [4.78, 5) is 22.9. The number of nitrogens with one attached hydrogen (secondary N) is 2. The molecule has 1 aliphatic carbocycles. The van der Waals surface area contributed by atoms with Crippen molar-refractivity contribution in [2.75, 3.05) is 5.32 Å². The van der Waals surface area contributed by atoms with Crippen LogP contribution in [0.25, 0.3) is 0 Å². The Kier molecular flexibility index (Phi) is 3.41. The molecule has 1 aliphatic rings. The fourth-order valence-corrected chi connectivity index (χ4v) is 2.49. The monoisotopic (exact) mass is 271 g/mol. The molecule has 2 atom stereocenters.